The van der Waals surface area contributed by atoms with Crippen LogP contribution in [0.25, 0.3) is 0 Å². The molecule has 0 spiro atoms. The molecule has 0 aromatic carbocycles. The molecule has 1 N–H and O–H groups in total. The van der Waals surface area contributed by atoms with E-state index in [0.29, 0.717) is 5.57 Å². The molecule has 0 aromatic heterocycles. The van der Waals surface area contributed by atoms with Crippen LogP contribution in [0.2, 0.25) is 0 Å². The van der Waals surface area contributed by atoms with Crippen LogP contribution in [0.15, 0.2) is 11.6 Å². The van der Waals surface area contributed by atoms with Crippen LogP contribution in [0, 0.1) is 5.92 Å². The highest BCUT2D eigenvalue weighted by Gasteiger charge is 2.08. The maximum absolute atomic E-state index is 10.8. The number of rotatable bonds is 15. The quantitative estimate of drug-likeness (QED) is 0.268. The molecule has 22 heavy (non-hydrogen) atoms. The molecule has 2 nitrogen and oxygen atoms in total. The fourth-order valence-corrected chi connectivity index (χ4v) is 2.94. The van der Waals surface area contributed by atoms with Crippen molar-refractivity contribution >= 4 is 5.97 Å². The SMILES string of the molecule is CCCCCCCCCC(CCC=C(C)C(=O)O)CCCC. The van der Waals surface area contributed by atoms with Gasteiger partial charge in [0, 0.05) is 5.57 Å². The summed E-state index contributed by atoms with van der Waals surface area (Å²) < 4.78 is 0. The second kappa shape index (κ2) is 15.1. The topological polar surface area (TPSA) is 37.3 Å². The van der Waals surface area contributed by atoms with Crippen LogP contribution in [0.5, 0.6) is 0 Å². The summed E-state index contributed by atoms with van der Waals surface area (Å²) in [5.74, 6) is 0.00521. The van der Waals surface area contributed by atoms with Gasteiger partial charge in [-0.05, 0) is 25.7 Å². The largest absolute Gasteiger partial charge is 0.478 e. The van der Waals surface area contributed by atoms with Gasteiger partial charge in [-0.1, -0.05) is 90.6 Å². The highest BCUT2D eigenvalue weighted by Crippen LogP contribution is 2.23. The Balaban J connectivity index is 3.87. The van der Waals surface area contributed by atoms with Crippen molar-refractivity contribution in [1.82, 2.24) is 0 Å². The summed E-state index contributed by atoms with van der Waals surface area (Å²) in [5, 5.41) is 8.88. The third kappa shape index (κ3) is 12.9. The predicted molar refractivity (Wildman–Crippen MR) is 96.3 cm³/mol. The normalized spacial score (nSPS) is 13.3. The van der Waals surface area contributed by atoms with Crippen LogP contribution in [0.1, 0.15) is 104 Å². The fraction of sp³-hybridized carbons (Fsp3) is 0.850. The average molecular weight is 311 g/mol. The van der Waals surface area contributed by atoms with Crippen LogP contribution in [-0.2, 0) is 4.79 Å². The van der Waals surface area contributed by atoms with Gasteiger partial charge in [0.05, 0.1) is 0 Å². The zero-order valence-electron chi connectivity index (χ0n) is 15.2. The van der Waals surface area contributed by atoms with E-state index in [1.807, 2.05) is 6.08 Å². The lowest BCUT2D eigenvalue weighted by atomic mass is 9.90. The number of unbranched alkanes of at least 4 members (excludes halogenated alkanes) is 7. The summed E-state index contributed by atoms with van der Waals surface area (Å²) in [4.78, 5) is 10.8. The van der Waals surface area contributed by atoms with Crippen molar-refractivity contribution in [3.05, 3.63) is 11.6 Å². The first-order valence-electron chi connectivity index (χ1n) is 9.51. The molecule has 0 aromatic rings. The molecule has 0 amide bonds. The van der Waals surface area contributed by atoms with Crippen molar-refractivity contribution in [2.24, 2.45) is 5.92 Å². The minimum Gasteiger partial charge on any atom is -0.478 e. The number of hydrogen-bond acceptors (Lipinski definition) is 1. The monoisotopic (exact) mass is 310 g/mol. The zero-order valence-corrected chi connectivity index (χ0v) is 15.2. The molecule has 0 heterocycles. The van der Waals surface area contributed by atoms with Crippen molar-refractivity contribution < 1.29 is 9.90 Å². The van der Waals surface area contributed by atoms with Crippen molar-refractivity contribution in [1.29, 1.82) is 0 Å². The number of aliphatic carboxylic acids is 1. The van der Waals surface area contributed by atoms with Crippen LogP contribution in [0.3, 0.4) is 0 Å². The lowest BCUT2D eigenvalue weighted by molar-refractivity contribution is -0.132. The first-order chi connectivity index (χ1) is 10.6. The van der Waals surface area contributed by atoms with Gasteiger partial charge in [-0.15, -0.1) is 0 Å². The van der Waals surface area contributed by atoms with Gasteiger partial charge in [0.1, 0.15) is 0 Å². The standard InChI is InChI=1S/C20H38O2/c1-4-6-8-9-10-11-12-16-19(15-7-5-2)17-13-14-18(3)20(21)22/h14,19H,4-13,15-17H2,1-3H3,(H,21,22). The molecule has 1 atom stereocenters. The maximum atomic E-state index is 10.8. The summed E-state index contributed by atoms with van der Waals surface area (Å²) in [6.07, 6.45) is 18.8. The Kier molecular flexibility index (Phi) is 14.6. The molecule has 0 rings (SSSR count). The van der Waals surface area contributed by atoms with Gasteiger partial charge in [0.2, 0.25) is 0 Å². The molecule has 0 fully saturated rings. The van der Waals surface area contributed by atoms with E-state index in [0.717, 1.165) is 18.8 Å². The number of hydrogen-bond donors (Lipinski definition) is 1. The summed E-state index contributed by atoms with van der Waals surface area (Å²) >= 11 is 0. The number of carboxylic acids is 1. The first kappa shape index (κ1) is 21.2. The summed E-state index contributed by atoms with van der Waals surface area (Å²) in [7, 11) is 0. The number of allylic oxidation sites excluding steroid dienone is 1. The van der Waals surface area contributed by atoms with Gasteiger partial charge in [-0.3, -0.25) is 0 Å². The van der Waals surface area contributed by atoms with Crippen LogP contribution < -0.4 is 0 Å². The molecule has 0 aliphatic rings. The summed E-state index contributed by atoms with van der Waals surface area (Å²) in [5.41, 5.74) is 0.491. The van der Waals surface area contributed by atoms with E-state index in [4.69, 9.17) is 5.11 Å². The minimum atomic E-state index is -0.780. The lowest BCUT2D eigenvalue weighted by Gasteiger charge is -2.15. The summed E-state index contributed by atoms with van der Waals surface area (Å²) in [6, 6.07) is 0. The predicted octanol–water partition coefficient (Wildman–Crippen LogP) is 6.74. The van der Waals surface area contributed by atoms with E-state index < -0.39 is 5.97 Å². The molecule has 0 radical (unpaired) electrons. The Morgan fingerprint density at radius 2 is 1.41 bits per heavy atom. The smallest absolute Gasteiger partial charge is 0.330 e. The molecule has 0 aliphatic heterocycles. The average Bonchev–Trinajstić information content (AvgIpc) is 2.50. The number of carbonyl (C=O) groups is 1. The van der Waals surface area contributed by atoms with E-state index in [2.05, 4.69) is 13.8 Å². The second-order valence-corrected chi connectivity index (χ2v) is 6.69. The number of carboxylic acid groups (broad SMARTS) is 1. The Morgan fingerprint density at radius 3 is 2.00 bits per heavy atom. The Labute approximate surface area is 138 Å². The van der Waals surface area contributed by atoms with E-state index in [9.17, 15) is 4.79 Å². The zero-order chi connectivity index (χ0) is 16.6. The van der Waals surface area contributed by atoms with Crippen molar-refractivity contribution in [2.45, 2.75) is 104 Å². The molecule has 0 aliphatic carbocycles. The van der Waals surface area contributed by atoms with E-state index in [-0.39, 0.29) is 0 Å². The van der Waals surface area contributed by atoms with Crippen molar-refractivity contribution in [3.63, 3.8) is 0 Å². The molecule has 2 heteroatoms. The molecule has 0 bridgehead atoms. The Morgan fingerprint density at radius 1 is 0.864 bits per heavy atom. The van der Waals surface area contributed by atoms with Gasteiger partial charge >= 0.3 is 5.97 Å². The molecular formula is C20H38O2. The van der Waals surface area contributed by atoms with Crippen LogP contribution in [0.4, 0.5) is 0 Å². The third-order valence-corrected chi connectivity index (χ3v) is 4.54. The first-order valence-corrected chi connectivity index (χ1v) is 9.51. The molecule has 0 saturated heterocycles. The molecular weight excluding hydrogens is 272 g/mol. The highest BCUT2D eigenvalue weighted by atomic mass is 16.4. The van der Waals surface area contributed by atoms with Gasteiger partial charge in [0.25, 0.3) is 0 Å². The minimum absolute atomic E-state index is 0.491. The van der Waals surface area contributed by atoms with E-state index in [1.54, 1.807) is 6.92 Å². The lowest BCUT2D eigenvalue weighted by Crippen LogP contribution is -2.02. The van der Waals surface area contributed by atoms with E-state index >= 15 is 0 Å². The Bertz CT molecular complexity index is 294. The van der Waals surface area contributed by atoms with Crippen LogP contribution in [-0.4, -0.2) is 11.1 Å². The molecule has 0 saturated carbocycles. The third-order valence-electron chi connectivity index (χ3n) is 4.54. The highest BCUT2D eigenvalue weighted by molar-refractivity contribution is 5.85. The van der Waals surface area contributed by atoms with Crippen LogP contribution >= 0.6 is 0 Å². The van der Waals surface area contributed by atoms with Crippen molar-refractivity contribution in [2.75, 3.05) is 0 Å². The van der Waals surface area contributed by atoms with Crippen molar-refractivity contribution in [3.8, 4) is 0 Å². The maximum Gasteiger partial charge on any atom is 0.330 e. The Hall–Kier alpha value is -0.790. The van der Waals surface area contributed by atoms with E-state index in [1.165, 1.54) is 70.6 Å². The second-order valence-electron chi connectivity index (χ2n) is 6.69. The van der Waals surface area contributed by atoms with Gasteiger partial charge < -0.3 is 5.11 Å². The molecule has 1 unspecified atom stereocenters. The molecule has 130 valence electrons. The summed E-state index contributed by atoms with van der Waals surface area (Å²) in [6.45, 7) is 6.21. The fourth-order valence-electron chi connectivity index (χ4n) is 2.94. The van der Waals surface area contributed by atoms with Gasteiger partial charge in [0.15, 0.2) is 0 Å². The van der Waals surface area contributed by atoms with Gasteiger partial charge in [-0.25, -0.2) is 4.79 Å². The van der Waals surface area contributed by atoms with Gasteiger partial charge in [-0.2, -0.15) is 0 Å².